The molecule has 0 aromatic carbocycles. The summed E-state index contributed by atoms with van der Waals surface area (Å²) < 4.78 is 29.3. The molecule has 8 N–H and O–H groups in total. The number of esters is 1. The lowest BCUT2D eigenvalue weighted by Crippen LogP contribution is -2.70. The molecule has 4 aliphatic carbocycles. The van der Waals surface area contributed by atoms with E-state index in [2.05, 4.69) is 6.92 Å². The quantitative estimate of drug-likeness (QED) is 0.128. The van der Waals surface area contributed by atoms with E-state index >= 15 is 0 Å². The normalized spacial score (nSPS) is 56.0. The number of aliphatic hydroxyl groups is 8. The van der Waals surface area contributed by atoms with Gasteiger partial charge < -0.3 is 64.5 Å². The Morgan fingerprint density at radius 2 is 1.41 bits per heavy atom. The molecule has 0 aromatic heterocycles. The van der Waals surface area contributed by atoms with Crippen molar-refractivity contribution in [2.75, 3.05) is 13.2 Å². The van der Waals surface area contributed by atoms with Gasteiger partial charge in [-0.25, -0.2) is 4.79 Å². The molecule has 2 saturated heterocycles. The van der Waals surface area contributed by atoms with E-state index in [0.717, 1.165) is 5.57 Å². The van der Waals surface area contributed by atoms with Crippen molar-refractivity contribution in [2.24, 2.45) is 28.6 Å². The van der Waals surface area contributed by atoms with Gasteiger partial charge in [-0.1, -0.05) is 6.92 Å². The van der Waals surface area contributed by atoms with Gasteiger partial charge in [-0.2, -0.15) is 0 Å². The molecule has 4 saturated carbocycles. The lowest BCUT2D eigenvalue weighted by molar-refractivity contribution is -0.336. The molecule has 0 amide bonds. The van der Waals surface area contributed by atoms with Crippen LogP contribution in [0.2, 0.25) is 0 Å². The van der Waals surface area contributed by atoms with Gasteiger partial charge in [0.15, 0.2) is 12.6 Å². The third kappa shape index (κ3) is 5.47. The first-order valence-electron chi connectivity index (χ1n) is 18.0. The highest BCUT2D eigenvalue weighted by Crippen LogP contribution is 2.71. The molecule has 278 valence electrons. The fourth-order valence-electron chi connectivity index (χ4n) is 11.3. The molecule has 49 heavy (non-hydrogen) atoms. The SMILES string of the molecule is C[C@@H]1O[C@@H](OC[C@]23CCC(O[C@@H]4O[C@@H](C)[C@H](O)[C@@H](O)[C@H]4O)CC2(O)CC[C@@H]2[C@@H]3CC[C@]3(C)C(C4=CC(=O)OC4)CCC23O)[C@H](O)[C@H](O)[C@H]1O. The zero-order chi connectivity index (χ0) is 35.3. The van der Waals surface area contributed by atoms with E-state index in [4.69, 9.17) is 23.7 Å². The Balaban J connectivity index is 1.17. The van der Waals surface area contributed by atoms with Crippen LogP contribution in [0.1, 0.15) is 78.6 Å². The number of fused-ring (bicyclic) bond motifs is 5. The van der Waals surface area contributed by atoms with Crippen molar-refractivity contribution in [1.29, 1.82) is 0 Å². The molecule has 0 spiro atoms. The summed E-state index contributed by atoms with van der Waals surface area (Å²) in [6.07, 6.45) is -7.25. The lowest BCUT2D eigenvalue weighted by Gasteiger charge is -2.67. The van der Waals surface area contributed by atoms with Crippen LogP contribution in [-0.2, 0) is 28.5 Å². The van der Waals surface area contributed by atoms with E-state index in [9.17, 15) is 45.6 Å². The summed E-state index contributed by atoms with van der Waals surface area (Å²) in [5.74, 6) is -0.784. The molecule has 14 heteroatoms. The van der Waals surface area contributed by atoms with Crippen LogP contribution in [0.15, 0.2) is 11.6 Å². The van der Waals surface area contributed by atoms with Gasteiger partial charge in [-0.15, -0.1) is 0 Å². The molecule has 3 heterocycles. The highest BCUT2D eigenvalue weighted by Gasteiger charge is 2.71. The number of aliphatic hydroxyl groups excluding tert-OH is 6. The van der Waals surface area contributed by atoms with Crippen LogP contribution < -0.4 is 0 Å². The van der Waals surface area contributed by atoms with E-state index in [1.54, 1.807) is 19.9 Å². The number of carbonyl (C=O) groups excluding carboxylic acids is 1. The fourth-order valence-corrected chi connectivity index (χ4v) is 11.3. The Morgan fingerprint density at radius 3 is 2.06 bits per heavy atom. The first kappa shape index (κ1) is 36.1. The maximum atomic E-state index is 12.8. The summed E-state index contributed by atoms with van der Waals surface area (Å²) in [5.41, 5.74) is -2.99. The van der Waals surface area contributed by atoms with Crippen molar-refractivity contribution in [1.82, 2.24) is 0 Å². The molecule has 0 aromatic rings. The standard InChI is InChI=1S/C35H54O14/c1-16-24(37)26(39)28(41)30(47-16)46-15-33-9-4-19(49-31-29(42)27(40)25(38)17(2)48-31)13-34(33,43)10-6-22-21(33)5-8-32(3)20(7-11-35(22,32)44)18-12-23(36)45-14-18/h12,16-17,19-22,24-31,37-44H,4-11,13-15H2,1-3H3/t16-,17-,19?,20?,21-,22+,24-,25-,26+,27+,28+,29+,30+,31-,32+,33-,34?,35?/m0/s1. The second kappa shape index (κ2) is 12.7. The van der Waals surface area contributed by atoms with E-state index in [1.165, 1.54) is 0 Å². The summed E-state index contributed by atoms with van der Waals surface area (Å²) in [5, 5.41) is 88.3. The van der Waals surface area contributed by atoms with E-state index < -0.39 is 89.5 Å². The Labute approximate surface area is 285 Å². The van der Waals surface area contributed by atoms with Gasteiger partial charge in [0.05, 0.1) is 36.1 Å². The van der Waals surface area contributed by atoms with Crippen molar-refractivity contribution < 1.29 is 69.3 Å². The maximum absolute atomic E-state index is 12.8. The van der Waals surface area contributed by atoms with Crippen LogP contribution in [-0.4, -0.2) is 139 Å². The molecule has 6 fully saturated rings. The van der Waals surface area contributed by atoms with Gasteiger partial charge in [0.25, 0.3) is 0 Å². The third-order valence-corrected chi connectivity index (χ3v) is 14.2. The number of rotatable bonds is 6. The minimum Gasteiger partial charge on any atom is -0.458 e. The zero-order valence-corrected chi connectivity index (χ0v) is 28.5. The van der Waals surface area contributed by atoms with Gasteiger partial charge in [0.1, 0.15) is 43.2 Å². The smallest absolute Gasteiger partial charge is 0.331 e. The Morgan fingerprint density at radius 1 is 0.776 bits per heavy atom. The van der Waals surface area contributed by atoms with E-state index in [0.29, 0.717) is 51.4 Å². The summed E-state index contributed by atoms with van der Waals surface area (Å²) in [7, 11) is 0. The molecule has 0 radical (unpaired) electrons. The highest BCUT2D eigenvalue weighted by molar-refractivity contribution is 5.85. The molecular formula is C35H54O14. The first-order valence-corrected chi connectivity index (χ1v) is 18.0. The van der Waals surface area contributed by atoms with Crippen LogP contribution >= 0.6 is 0 Å². The summed E-state index contributed by atoms with van der Waals surface area (Å²) in [6, 6.07) is 0. The molecule has 4 unspecified atom stereocenters. The van der Waals surface area contributed by atoms with Crippen LogP contribution in [0, 0.1) is 28.6 Å². The topological polar surface area (TPSA) is 225 Å². The largest absolute Gasteiger partial charge is 0.458 e. The lowest BCUT2D eigenvalue weighted by atomic mass is 9.41. The third-order valence-electron chi connectivity index (χ3n) is 14.2. The summed E-state index contributed by atoms with van der Waals surface area (Å²) in [4.78, 5) is 12.0. The molecule has 3 aliphatic heterocycles. The molecule has 7 rings (SSSR count). The minimum atomic E-state index is -1.53. The number of carbonyl (C=O) groups is 1. The average Bonchev–Trinajstić information content (AvgIpc) is 3.61. The number of cyclic esters (lactones) is 1. The van der Waals surface area contributed by atoms with Crippen molar-refractivity contribution in [3.63, 3.8) is 0 Å². The Hall–Kier alpha value is -1.27. The highest BCUT2D eigenvalue weighted by atomic mass is 16.7. The molecule has 14 nitrogen and oxygen atoms in total. The van der Waals surface area contributed by atoms with Crippen molar-refractivity contribution >= 4 is 5.97 Å². The summed E-state index contributed by atoms with van der Waals surface area (Å²) in [6.45, 7) is 5.45. The van der Waals surface area contributed by atoms with Crippen LogP contribution in [0.25, 0.3) is 0 Å². The number of ether oxygens (including phenoxy) is 5. The molecule has 18 atom stereocenters. The van der Waals surface area contributed by atoms with Crippen molar-refractivity contribution in [3.05, 3.63) is 11.6 Å². The average molecular weight is 699 g/mol. The minimum absolute atomic E-state index is 0.0135. The van der Waals surface area contributed by atoms with Crippen LogP contribution in [0.4, 0.5) is 0 Å². The number of hydrogen-bond acceptors (Lipinski definition) is 14. The van der Waals surface area contributed by atoms with Gasteiger partial charge in [-0.05, 0) is 88.5 Å². The molecule has 0 bridgehead atoms. The molecule has 7 aliphatic rings. The van der Waals surface area contributed by atoms with E-state index in [-0.39, 0.29) is 43.4 Å². The predicted octanol–water partition coefficient (Wildman–Crippen LogP) is -0.605. The Bertz CT molecular complexity index is 1300. The predicted molar refractivity (Wildman–Crippen MR) is 167 cm³/mol. The van der Waals surface area contributed by atoms with Gasteiger partial charge in [-0.3, -0.25) is 0 Å². The second-order valence-corrected chi connectivity index (χ2v) is 16.4. The fraction of sp³-hybridized carbons (Fsp3) is 0.914. The summed E-state index contributed by atoms with van der Waals surface area (Å²) >= 11 is 0. The van der Waals surface area contributed by atoms with Crippen molar-refractivity contribution in [3.8, 4) is 0 Å². The monoisotopic (exact) mass is 698 g/mol. The van der Waals surface area contributed by atoms with Gasteiger partial charge in [0, 0.05) is 23.3 Å². The number of hydrogen-bond donors (Lipinski definition) is 8. The van der Waals surface area contributed by atoms with E-state index in [1.807, 2.05) is 0 Å². The van der Waals surface area contributed by atoms with Gasteiger partial charge >= 0.3 is 5.97 Å². The maximum Gasteiger partial charge on any atom is 0.331 e. The first-order chi connectivity index (χ1) is 23.0. The van der Waals surface area contributed by atoms with Crippen LogP contribution in [0.3, 0.4) is 0 Å². The molecular weight excluding hydrogens is 644 g/mol. The second-order valence-electron chi connectivity index (χ2n) is 16.4. The Kier molecular flexibility index (Phi) is 9.36. The van der Waals surface area contributed by atoms with Crippen molar-refractivity contribution in [2.45, 2.75) is 157 Å². The van der Waals surface area contributed by atoms with Crippen LogP contribution in [0.5, 0.6) is 0 Å². The zero-order valence-electron chi connectivity index (χ0n) is 28.5. The van der Waals surface area contributed by atoms with Gasteiger partial charge in [0.2, 0.25) is 0 Å².